The maximum absolute atomic E-state index is 13.1. The fraction of sp³-hybridized carbons (Fsp3) is 0.389. The number of rotatable bonds is 3. The number of hydrogen-bond donors (Lipinski definition) is 0. The quantitative estimate of drug-likeness (QED) is 0.741. The first-order chi connectivity index (χ1) is 11.7. The molecule has 4 rings (SSSR count). The van der Waals surface area contributed by atoms with E-state index in [0.29, 0.717) is 0 Å². The molecule has 1 aliphatic heterocycles. The highest BCUT2D eigenvalue weighted by molar-refractivity contribution is 5.39. The standard InChI is InChI=1S/C18H20FN5/c1-13-10-16(22-18-7-8-21-24(13)18)17-4-2-3-9-23(17)12-15-6-5-14(19)11-20-15/h5-8,10-11,17H,2-4,9,12H2,1H3. The minimum Gasteiger partial charge on any atom is -0.289 e. The number of likely N-dealkylation sites (tertiary alicyclic amines) is 1. The molecule has 0 amide bonds. The van der Waals surface area contributed by atoms with Crippen LogP contribution in [-0.2, 0) is 6.54 Å². The Morgan fingerprint density at radius 1 is 1.25 bits per heavy atom. The number of aromatic nitrogens is 4. The molecule has 3 aromatic rings. The van der Waals surface area contributed by atoms with E-state index >= 15 is 0 Å². The van der Waals surface area contributed by atoms with Crippen LogP contribution >= 0.6 is 0 Å². The molecule has 1 aliphatic rings. The summed E-state index contributed by atoms with van der Waals surface area (Å²) >= 11 is 0. The average Bonchev–Trinajstić information content (AvgIpc) is 3.07. The third-order valence-electron chi connectivity index (χ3n) is 4.67. The summed E-state index contributed by atoms with van der Waals surface area (Å²) in [5, 5.41) is 4.29. The van der Waals surface area contributed by atoms with Crippen LogP contribution in [0.3, 0.4) is 0 Å². The maximum atomic E-state index is 13.1. The summed E-state index contributed by atoms with van der Waals surface area (Å²) in [5.74, 6) is -0.294. The van der Waals surface area contributed by atoms with Crippen LogP contribution in [0.25, 0.3) is 5.65 Å². The molecule has 0 radical (unpaired) electrons. The van der Waals surface area contributed by atoms with Gasteiger partial charge in [-0.1, -0.05) is 6.42 Å². The molecule has 1 atom stereocenters. The largest absolute Gasteiger partial charge is 0.289 e. The molecule has 1 unspecified atom stereocenters. The van der Waals surface area contributed by atoms with Gasteiger partial charge in [-0.25, -0.2) is 13.9 Å². The zero-order valence-corrected chi connectivity index (χ0v) is 13.7. The molecule has 3 aromatic heterocycles. The van der Waals surface area contributed by atoms with Crippen LogP contribution in [0.15, 0.2) is 36.7 Å². The zero-order chi connectivity index (χ0) is 16.5. The summed E-state index contributed by atoms with van der Waals surface area (Å²) in [6.45, 7) is 3.78. The highest BCUT2D eigenvalue weighted by Crippen LogP contribution is 2.31. The van der Waals surface area contributed by atoms with Crippen molar-refractivity contribution in [1.29, 1.82) is 0 Å². The Bertz CT molecular complexity index is 842. The van der Waals surface area contributed by atoms with Crippen molar-refractivity contribution >= 4 is 5.65 Å². The SMILES string of the molecule is Cc1cc(C2CCCCN2Cc2ccc(F)cn2)nc2ccnn12. The van der Waals surface area contributed by atoms with E-state index in [-0.39, 0.29) is 11.9 Å². The number of hydrogen-bond acceptors (Lipinski definition) is 4. The van der Waals surface area contributed by atoms with Crippen LogP contribution < -0.4 is 0 Å². The van der Waals surface area contributed by atoms with Gasteiger partial charge >= 0.3 is 0 Å². The van der Waals surface area contributed by atoms with Gasteiger partial charge in [-0.15, -0.1) is 0 Å². The number of aryl methyl sites for hydroxylation is 1. The molecule has 0 spiro atoms. The van der Waals surface area contributed by atoms with Crippen LogP contribution in [0.5, 0.6) is 0 Å². The van der Waals surface area contributed by atoms with Crippen molar-refractivity contribution in [1.82, 2.24) is 24.5 Å². The molecular weight excluding hydrogens is 305 g/mol. The van der Waals surface area contributed by atoms with Gasteiger partial charge in [-0.3, -0.25) is 9.88 Å². The van der Waals surface area contributed by atoms with Gasteiger partial charge in [0.05, 0.1) is 29.8 Å². The van der Waals surface area contributed by atoms with E-state index < -0.39 is 0 Å². The van der Waals surface area contributed by atoms with Crippen molar-refractivity contribution < 1.29 is 4.39 Å². The number of pyridine rings is 1. The second kappa shape index (κ2) is 6.28. The molecule has 5 nitrogen and oxygen atoms in total. The van der Waals surface area contributed by atoms with Crippen molar-refractivity contribution in [2.75, 3.05) is 6.54 Å². The van der Waals surface area contributed by atoms with Gasteiger partial charge in [0.1, 0.15) is 5.82 Å². The molecule has 124 valence electrons. The fourth-order valence-corrected chi connectivity index (χ4v) is 3.49. The first-order valence-corrected chi connectivity index (χ1v) is 8.36. The van der Waals surface area contributed by atoms with Crippen LogP contribution in [0.2, 0.25) is 0 Å². The van der Waals surface area contributed by atoms with Gasteiger partial charge in [0.25, 0.3) is 0 Å². The lowest BCUT2D eigenvalue weighted by Crippen LogP contribution is -2.33. The molecular formula is C18H20FN5. The Balaban J connectivity index is 1.64. The summed E-state index contributed by atoms with van der Waals surface area (Å²) < 4.78 is 14.9. The van der Waals surface area contributed by atoms with E-state index in [2.05, 4.69) is 28.0 Å². The van der Waals surface area contributed by atoms with E-state index in [0.717, 1.165) is 42.2 Å². The van der Waals surface area contributed by atoms with Crippen molar-refractivity contribution in [3.05, 3.63) is 59.6 Å². The average molecular weight is 325 g/mol. The Morgan fingerprint density at radius 3 is 3.00 bits per heavy atom. The normalized spacial score (nSPS) is 19.0. The van der Waals surface area contributed by atoms with Gasteiger partial charge in [-0.05, 0) is 44.5 Å². The van der Waals surface area contributed by atoms with Gasteiger partial charge in [-0.2, -0.15) is 5.10 Å². The highest BCUT2D eigenvalue weighted by atomic mass is 19.1. The molecule has 6 heteroatoms. The van der Waals surface area contributed by atoms with Crippen LogP contribution in [0.1, 0.15) is 42.4 Å². The van der Waals surface area contributed by atoms with E-state index in [9.17, 15) is 4.39 Å². The van der Waals surface area contributed by atoms with Gasteiger partial charge in [0.15, 0.2) is 5.65 Å². The van der Waals surface area contributed by atoms with Crippen molar-refractivity contribution in [2.45, 2.75) is 38.8 Å². The Hall–Kier alpha value is -2.34. The summed E-state index contributed by atoms with van der Waals surface area (Å²) in [7, 11) is 0. The summed E-state index contributed by atoms with van der Waals surface area (Å²) in [4.78, 5) is 11.4. The lowest BCUT2D eigenvalue weighted by molar-refractivity contribution is 0.135. The summed E-state index contributed by atoms with van der Waals surface area (Å²) in [6.07, 6.45) is 6.52. The second-order valence-corrected chi connectivity index (χ2v) is 6.37. The Morgan fingerprint density at radius 2 is 2.17 bits per heavy atom. The smallest absolute Gasteiger partial charge is 0.155 e. The predicted molar refractivity (Wildman–Crippen MR) is 88.9 cm³/mol. The second-order valence-electron chi connectivity index (χ2n) is 6.37. The minimum atomic E-state index is -0.294. The van der Waals surface area contributed by atoms with Gasteiger partial charge in [0, 0.05) is 18.3 Å². The zero-order valence-electron chi connectivity index (χ0n) is 13.7. The lowest BCUT2D eigenvalue weighted by atomic mass is 9.98. The van der Waals surface area contributed by atoms with Crippen LogP contribution in [0, 0.1) is 12.7 Å². The summed E-state index contributed by atoms with van der Waals surface area (Å²) in [5.41, 5.74) is 3.95. The third kappa shape index (κ3) is 2.89. The molecule has 0 bridgehead atoms. The predicted octanol–water partition coefficient (Wildman–Crippen LogP) is 3.30. The molecule has 0 aliphatic carbocycles. The lowest BCUT2D eigenvalue weighted by Gasteiger charge is -2.35. The van der Waals surface area contributed by atoms with Crippen molar-refractivity contribution in [3.8, 4) is 0 Å². The van der Waals surface area contributed by atoms with Gasteiger partial charge < -0.3 is 0 Å². The third-order valence-corrected chi connectivity index (χ3v) is 4.67. The highest BCUT2D eigenvalue weighted by Gasteiger charge is 2.26. The first-order valence-electron chi connectivity index (χ1n) is 8.36. The van der Waals surface area contributed by atoms with E-state index in [1.54, 1.807) is 12.3 Å². The molecule has 0 N–H and O–H groups in total. The van der Waals surface area contributed by atoms with Crippen LogP contribution in [0.4, 0.5) is 4.39 Å². The Kier molecular flexibility index (Phi) is 3.98. The molecule has 0 aromatic carbocycles. The molecule has 0 saturated carbocycles. The fourth-order valence-electron chi connectivity index (χ4n) is 3.49. The molecule has 4 heterocycles. The monoisotopic (exact) mass is 325 g/mol. The van der Waals surface area contributed by atoms with Gasteiger partial charge in [0.2, 0.25) is 0 Å². The molecule has 1 saturated heterocycles. The number of fused-ring (bicyclic) bond motifs is 1. The Labute approximate surface area is 140 Å². The first kappa shape index (κ1) is 15.2. The summed E-state index contributed by atoms with van der Waals surface area (Å²) in [6, 6.07) is 7.57. The van der Waals surface area contributed by atoms with Crippen LogP contribution in [-0.4, -0.2) is 31.0 Å². The van der Waals surface area contributed by atoms with E-state index in [1.165, 1.54) is 25.1 Å². The van der Waals surface area contributed by atoms with Crippen molar-refractivity contribution in [3.63, 3.8) is 0 Å². The molecule has 1 fully saturated rings. The van der Waals surface area contributed by atoms with Crippen molar-refractivity contribution in [2.24, 2.45) is 0 Å². The number of piperidine rings is 1. The number of nitrogens with zero attached hydrogens (tertiary/aromatic N) is 5. The minimum absolute atomic E-state index is 0.268. The molecule has 24 heavy (non-hydrogen) atoms. The topological polar surface area (TPSA) is 46.3 Å². The maximum Gasteiger partial charge on any atom is 0.155 e. The van der Waals surface area contributed by atoms with E-state index in [4.69, 9.17) is 4.98 Å². The number of halogens is 1. The van der Waals surface area contributed by atoms with E-state index in [1.807, 2.05) is 10.6 Å².